The van der Waals surface area contributed by atoms with Gasteiger partial charge in [0.25, 0.3) is 0 Å². The lowest BCUT2D eigenvalue weighted by Crippen LogP contribution is -2.17. The van der Waals surface area contributed by atoms with Crippen molar-refractivity contribution in [3.63, 3.8) is 0 Å². The first-order valence-corrected chi connectivity index (χ1v) is 10.7. The van der Waals surface area contributed by atoms with Crippen molar-refractivity contribution < 1.29 is 0 Å². The third-order valence-electron chi connectivity index (χ3n) is 6.02. The highest BCUT2D eigenvalue weighted by atomic mass is 15.1. The molecule has 0 saturated heterocycles. The van der Waals surface area contributed by atoms with Crippen LogP contribution in [0, 0.1) is 0 Å². The van der Waals surface area contributed by atoms with Crippen molar-refractivity contribution in [3.05, 3.63) is 115 Å². The Hall–Kier alpha value is -3.32. The van der Waals surface area contributed by atoms with Crippen molar-refractivity contribution >= 4 is 17.1 Å². The zero-order valence-electron chi connectivity index (χ0n) is 18.0. The Kier molecular flexibility index (Phi) is 5.72. The summed E-state index contributed by atoms with van der Waals surface area (Å²) >= 11 is 0. The second-order valence-electron chi connectivity index (χ2n) is 8.37. The minimum absolute atomic E-state index is 0.148. The van der Waals surface area contributed by atoms with Crippen LogP contribution in [0.4, 0.5) is 17.1 Å². The average Bonchev–Trinajstić information content (AvgIpc) is 2.81. The predicted octanol–water partition coefficient (Wildman–Crippen LogP) is 8.51. The van der Waals surface area contributed by atoms with Crippen LogP contribution in [0.3, 0.4) is 0 Å². The van der Waals surface area contributed by atoms with Gasteiger partial charge < -0.3 is 4.90 Å². The minimum Gasteiger partial charge on any atom is -0.310 e. The van der Waals surface area contributed by atoms with Crippen LogP contribution >= 0.6 is 0 Å². The van der Waals surface area contributed by atoms with Gasteiger partial charge in [-0.15, -0.1) is 0 Å². The zero-order chi connectivity index (χ0) is 21.0. The van der Waals surface area contributed by atoms with Gasteiger partial charge in [-0.05, 0) is 64.9 Å². The number of benzene rings is 4. The highest BCUT2D eigenvalue weighted by Gasteiger charge is 2.20. The molecule has 4 aromatic carbocycles. The van der Waals surface area contributed by atoms with Gasteiger partial charge >= 0.3 is 0 Å². The highest BCUT2D eigenvalue weighted by molar-refractivity contribution is 5.78. The van der Waals surface area contributed by atoms with E-state index in [2.05, 4.69) is 135 Å². The summed E-state index contributed by atoms with van der Waals surface area (Å²) in [5, 5.41) is 0. The fourth-order valence-corrected chi connectivity index (χ4v) is 3.73. The Bertz CT molecular complexity index is 1080. The third-order valence-corrected chi connectivity index (χ3v) is 6.02. The van der Waals surface area contributed by atoms with Gasteiger partial charge in [0.15, 0.2) is 0 Å². The first kappa shape index (κ1) is 20.0. The molecule has 0 aliphatic carbocycles. The standard InChI is InChI=1S/C29H29N/c1-4-29(2,3)25-14-11-17-28(22-25)30(26-15-9-6-10-16-26)27-20-18-24(19-21-27)23-12-7-5-8-13-23/h5-22H,4H2,1-3H3. The van der Waals surface area contributed by atoms with E-state index in [9.17, 15) is 0 Å². The average molecular weight is 392 g/mol. The van der Waals surface area contributed by atoms with E-state index in [1.54, 1.807) is 0 Å². The Morgan fingerprint density at radius 3 is 1.73 bits per heavy atom. The molecule has 150 valence electrons. The number of rotatable bonds is 6. The summed E-state index contributed by atoms with van der Waals surface area (Å²) in [6.07, 6.45) is 1.10. The highest BCUT2D eigenvalue weighted by Crippen LogP contribution is 2.38. The van der Waals surface area contributed by atoms with E-state index in [4.69, 9.17) is 0 Å². The summed E-state index contributed by atoms with van der Waals surface area (Å²) in [6.45, 7) is 6.88. The molecule has 0 fully saturated rings. The molecule has 30 heavy (non-hydrogen) atoms. The number of hydrogen-bond donors (Lipinski definition) is 0. The van der Waals surface area contributed by atoms with Gasteiger partial charge in [0, 0.05) is 17.1 Å². The van der Waals surface area contributed by atoms with E-state index >= 15 is 0 Å². The van der Waals surface area contributed by atoms with Crippen LogP contribution in [0.5, 0.6) is 0 Å². The molecule has 0 saturated carbocycles. The number of para-hydroxylation sites is 1. The first-order chi connectivity index (χ1) is 14.6. The van der Waals surface area contributed by atoms with Crippen LogP contribution in [-0.4, -0.2) is 0 Å². The Labute approximate surface area is 180 Å². The number of anilines is 3. The lowest BCUT2D eigenvalue weighted by molar-refractivity contribution is 0.506. The number of nitrogens with zero attached hydrogens (tertiary/aromatic N) is 1. The molecule has 0 amide bonds. The van der Waals surface area contributed by atoms with Crippen LogP contribution in [0.1, 0.15) is 32.8 Å². The molecule has 1 nitrogen and oxygen atoms in total. The van der Waals surface area contributed by atoms with Crippen molar-refractivity contribution in [1.29, 1.82) is 0 Å². The Balaban J connectivity index is 1.78. The van der Waals surface area contributed by atoms with E-state index in [-0.39, 0.29) is 5.41 Å². The maximum absolute atomic E-state index is 2.34. The lowest BCUT2D eigenvalue weighted by atomic mass is 9.82. The maximum atomic E-state index is 2.34. The van der Waals surface area contributed by atoms with Crippen LogP contribution in [0.15, 0.2) is 109 Å². The molecule has 4 rings (SSSR count). The summed E-state index contributed by atoms with van der Waals surface area (Å²) in [5.74, 6) is 0. The van der Waals surface area contributed by atoms with Gasteiger partial charge in [0.2, 0.25) is 0 Å². The van der Waals surface area contributed by atoms with Crippen molar-refractivity contribution in [2.45, 2.75) is 32.6 Å². The van der Waals surface area contributed by atoms with Gasteiger partial charge in [0.05, 0.1) is 0 Å². The van der Waals surface area contributed by atoms with Crippen LogP contribution in [0.2, 0.25) is 0 Å². The summed E-state index contributed by atoms with van der Waals surface area (Å²) < 4.78 is 0. The smallest absolute Gasteiger partial charge is 0.0464 e. The molecule has 0 radical (unpaired) electrons. The molecular weight excluding hydrogens is 362 g/mol. The topological polar surface area (TPSA) is 3.24 Å². The Morgan fingerprint density at radius 1 is 0.567 bits per heavy atom. The fourth-order valence-electron chi connectivity index (χ4n) is 3.73. The second-order valence-corrected chi connectivity index (χ2v) is 8.37. The SMILES string of the molecule is CCC(C)(C)c1cccc(N(c2ccccc2)c2ccc(-c3ccccc3)cc2)c1. The molecule has 0 bridgehead atoms. The summed E-state index contributed by atoms with van der Waals surface area (Å²) in [6, 6.07) is 38.9. The fraction of sp³-hybridized carbons (Fsp3) is 0.172. The van der Waals surface area contributed by atoms with Crippen LogP contribution in [0.25, 0.3) is 11.1 Å². The van der Waals surface area contributed by atoms with Gasteiger partial charge in [-0.1, -0.05) is 93.6 Å². The van der Waals surface area contributed by atoms with Crippen LogP contribution < -0.4 is 4.90 Å². The monoisotopic (exact) mass is 391 g/mol. The van der Waals surface area contributed by atoms with Crippen LogP contribution in [-0.2, 0) is 5.41 Å². The summed E-state index contributed by atoms with van der Waals surface area (Å²) in [4.78, 5) is 2.34. The number of hydrogen-bond acceptors (Lipinski definition) is 1. The zero-order valence-corrected chi connectivity index (χ0v) is 18.0. The van der Waals surface area contributed by atoms with Gasteiger partial charge in [0.1, 0.15) is 0 Å². The second kappa shape index (κ2) is 8.59. The van der Waals surface area contributed by atoms with E-state index in [0.717, 1.165) is 17.8 Å². The van der Waals surface area contributed by atoms with Crippen molar-refractivity contribution in [3.8, 4) is 11.1 Å². The largest absolute Gasteiger partial charge is 0.310 e. The van der Waals surface area contributed by atoms with E-state index < -0.39 is 0 Å². The predicted molar refractivity (Wildman–Crippen MR) is 130 cm³/mol. The van der Waals surface area contributed by atoms with Crippen molar-refractivity contribution in [1.82, 2.24) is 0 Å². The van der Waals surface area contributed by atoms with Crippen molar-refractivity contribution in [2.75, 3.05) is 4.90 Å². The van der Waals surface area contributed by atoms with E-state index in [1.807, 2.05) is 0 Å². The molecule has 0 aliphatic heterocycles. The van der Waals surface area contributed by atoms with E-state index in [0.29, 0.717) is 0 Å². The molecule has 0 atom stereocenters. The Morgan fingerprint density at radius 2 is 1.10 bits per heavy atom. The quantitative estimate of drug-likeness (QED) is 0.318. The molecule has 0 spiro atoms. The van der Waals surface area contributed by atoms with Gasteiger partial charge in [-0.3, -0.25) is 0 Å². The normalized spacial score (nSPS) is 11.3. The first-order valence-electron chi connectivity index (χ1n) is 10.7. The summed E-state index contributed by atoms with van der Waals surface area (Å²) in [7, 11) is 0. The van der Waals surface area contributed by atoms with E-state index in [1.165, 1.54) is 22.4 Å². The molecule has 0 aliphatic rings. The minimum atomic E-state index is 0.148. The maximum Gasteiger partial charge on any atom is 0.0464 e. The van der Waals surface area contributed by atoms with Crippen molar-refractivity contribution in [2.24, 2.45) is 0 Å². The molecule has 0 aromatic heterocycles. The molecule has 0 N–H and O–H groups in total. The molecule has 0 unspecified atom stereocenters. The van der Waals surface area contributed by atoms with Gasteiger partial charge in [-0.2, -0.15) is 0 Å². The lowest BCUT2D eigenvalue weighted by Gasteiger charge is -2.29. The summed E-state index contributed by atoms with van der Waals surface area (Å²) in [5.41, 5.74) is 7.49. The molecule has 1 heteroatoms. The van der Waals surface area contributed by atoms with Gasteiger partial charge in [-0.25, -0.2) is 0 Å². The molecule has 0 heterocycles. The molecule has 4 aromatic rings. The third kappa shape index (κ3) is 4.16. The molecular formula is C29H29N.